The Morgan fingerprint density at radius 1 is 1.39 bits per heavy atom. The molecule has 1 aliphatic rings. The zero-order valence-electron chi connectivity index (χ0n) is 9.92. The Morgan fingerprint density at radius 3 is 2.89 bits per heavy atom. The maximum atomic E-state index is 14.1. The van der Waals surface area contributed by atoms with Crippen molar-refractivity contribution >= 4 is 17.2 Å². The van der Waals surface area contributed by atoms with Crippen LogP contribution in [0.3, 0.4) is 0 Å². The van der Waals surface area contributed by atoms with Gasteiger partial charge in [-0.3, -0.25) is 4.79 Å². The average Bonchev–Trinajstić information content (AvgIpc) is 2.77. The highest BCUT2D eigenvalue weighted by Crippen LogP contribution is 2.40. The lowest BCUT2D eigenvalue weighted by Crippen LogP contribution is -2.08. The number of nitrogens with two attached hydrogens (primary N) is 1. The molecule has 2 aromatic rings. The van der Waals surface area contributed by atoms with E-state index < -0.39 is 5.91 Å². The van der Waals surface area contributed by atoms with Gasteiger partial charge >= 0.3 is 0 Å². The molecule has 0 fully saturated rings. The number of benzene rings is 1. The van der Waals surface area contributed by atoms with Crippen molar-refractivity contribution in [2.24, 2.45) is 5.73 Å². The van der Waals surface area contributed by atoms with Crippen LogP contribution in [0.4, 0.5) is 4.39 Å². The molecule has 0 saturated heterocycles. The van der Waals surface area contributed by atoms with Gasteiger partial charge in [-0.05, 0) is 48.1 Å². The van der Waals surface area contributed by atoms with E-state index in [0.717, 1.165) is 28.0 Å². The molecule has 1 aromatic heterocycles. The minimum atomic E-state index is -0.413. The molecule has 2 N–H and O–H groups in total. The summed E-state index contributed by atoms with van der Waals surface area (Å²) in [7, 11) is 0. The van der Waals surface area contributed by atoms with E-state index in [1.807, 2.05) is 12.1 Å². The van der Waals surface area contributed by atoms with Crippen molar-refractivity contribution in [3.63, 3.8) is 0 Å². The van der Waals surface area contributed by atoms with E-state index in [2.05, 4.69) is 0 Å². The molecule has 1 aromatic carbocycles. The average molecular weight is 261 g/mol. The van der Waals surface area contributed by atoms with Gasteiger partial charge in [0, 0.05) is 4.88 Å². The maximum absolute atomic E-state index is 14.1. The molecule has 1 amide bonds. The van der Waals surface area contributed by atoms with Crippen LogP contribution in [0.15, 0.2) is 18.2 Å². The minimum Gasteiger partial charge on any atom is -0.365 e. The van der Waals surface area contributed by atoms with Crippen LogP contribution < -0.4 is 5.73 Å². The SMILES string of the molecule is Cc1ccc2c(c1F)CCc1cc(C(N)=O)sc1-2. The lowest BCUT2D eigenvalue weighted by atomic mass is 9.90. The first-order valence-electron chi connectivity index (χ1n) is 5.79. The molecule has 0 unspecified atom stereocenters. The van der Waals surface area contributed by atoms with Crippen LogP contribution in [-0.2, 0) is 12.8 Å². The van der Waals surface area contributed by atoms with Crippen LogP contribution in [0.5, 0.6) is 0 Å². The molecule has 1 aliphatic carbocycles. The third kappa shape index (κ3) is 1.56. The number of fused-ring (bicyclic) bond motifs is 3. The number of rotatable bonds is 1. The minimum absolute atomic E-state index is 0.118. The Labute approximate surface area is 108 Å². The van der Waals surface area contributed by atoms with Crippen LogP contribution in [-0.4, -0.2) is 5.91 Å². The van der Waals surface area contributed by atoms with Crippen LogP contribution in [0.2, 0.25) is 0 Å². The van der Waals surface area contributed by atoms with Crippen LogP contribution >= 0.6 is 11.3 Å². The Bertz CT molecular complexity index is 660. The van der Waals surface area contributed by atoms with E-state index in [0.29, 0.717) is 16.9 Å². The maximum Gasteiger partial charge on any atom is 0.258 e. The van der Waals surface area contributed by atoms with E-state index in [1.54, 1.807) is 13.0 Å². The van der Waals surface area contributed by atoms with Gasteiger partial charge < -0.3 is 5.73 Å². The summed E-state index contributed by atoms with van der Waals surface area (Å²) in [6.45, 7) is 1.77. The van der Waals surface area contributed by atoms with Crippen LogP contribution in [0.25, 0.3) is 10.4 Å². The highest BCUT2D eigenvalue weighted by Gasteiger charge is 2.23. The number of halogens is 1. The molecule has 3 rings (SSSR count). The van der Waals surface area contributed by atoms with Gasteiger partial charge in [0.2, 0.25) is 0 Å². The number of primary amides is 1. The Kier molecular flexibility index (Phi) is 2.48. The molecule has 0 spiro atoms. The van der Waals surface area contributed by atoms with Crippen molar-refractivity contribution in [3.8, 4) is 10.4 Å². The molecule has 2 nitrogen and oxygen atoms in total. The van der Waals surface area contributed by atoms with Gasteiger partial charge in [0.25, 0.3) is 5.91 Å². The molecule has 0 saturated carbocycles. The quantitative estimate of drug-likeness (QED) is 0.842. The first-order chi connectivity index (χ1) is 8.58. The van der Waals surface area contributed by atoms with Gasteiger partial charge in [-0.15, -0.1) is 11.3 Å². The summed E-state index contributed by atoms with van der Waals surface area (Å²) in [6.07, 6.45) is 1.46. The standard InChI is InChI=1S/C14H12FNOS/c1-7-2-4-10-9(12(7)15)5-3-8-6-11(14(16)17)18-13(8)10/h2,4,6H,3,5H2,1H3,(H2,16,17). The van der Waals surface area contributed by atoms with Gasteiger partial charge in [-0.25, -0.2) is 4.39 Å². The van der Waals surface area contributed by atoms with Gasteiger partial charge in [-0.2, -0.15) is 0 Å². The molecule has 0 aliphatic heterocycles. The first kappa shape index (κ1) is 11.4. The monoisotopic (exact) mass is 261 g/mol. The Hall–Kier alpha value is -1.68. The lowest BCUT2D eigenvalue weighted by molar-refractivity contribution is 0.100. The summed E-state index contributed by atoms with van der Waals surface area (Å²) in [5.41, 5.74) is 8.75. The van der Waals surface area contributed by atoms with Crippen molar-refractivity contribution in [1.29, 1.82) is 0 Å². The smallest absolute Gasteiger partial charge is 0.258 e. The van der Waals surface area contributed by atoms with E-state index in [-0.39, 0.29) is 5.82 Å². The van der Waals surface area contributed by atoms with Gasteiger partial charge in [0.15, 0.2) is 0 Å². The van der Waals surface area contributed by atoms with E-state index in [1.165, 1.54) is 11.3 Å². The highest BCUT2D eigenvalue weighted by atomic mass is 32.1. The molecule has 92 valence electrons. The van der Waals surface area contributed by atoms with Gasteiger partial charge in [-0.1, -0.05) is 12.1 Å². The van der Waals surface area contributed by atoms with Gasteiger partial charge in [0.1, 0.15) is 5.82 Å². The topological polar surface area (TPSA) is 43.1 Å². The third-order valence-electron chi connectivity index (χ3n) is 3.38. The van der Waals surface area contributed by atoms with Crippen LogP contribution in [0, 0.1) is 12.7 Å². The number of thiophene rings is 1. The molecular weight excluding hydrogens is 249 g/mol. The van der Waals surface area contributed by atoms with Crippen molar-refractivity contribution in [2.45, 2.75) is 19.8 Å². The summed E-state index contributed by atoms with van der Waals surface area (Å²) >= 11 is 1.36. The fraction of sp³-hybridized carbons (Fsp3) is 0.214. The van der Waals surface area contributed by atoms with Crippen molar-refractivity contribution in [1.82, 2.24) is 0 Å². The van der Waals surface area contributed by atoms with E-state index in [4.69, 9.17) is 5.73 Å². The predicted molar refractivity (Wildman–Crippen MR) is 70.4 cm³/mol. The molecule has 18 heavy (non-hydrogen) atoms. The molecule has 1 heterocycles. The second kappa shape index (κ2) is 3.92. The zero-order valence-corrected chi connectivity index (χ0v) is 10.7. The van der Waals surface area contributed by atoms with Crippen molar-refractivity contribution < 1.29 is 9.18 Å². The van der Waals surface area contributed by atoms with Crippen molar-refractivity contribution in [3.05, 3.63) is 45.6 Å². The molecular formula is C14H12FNOS. The first-order valence-corrected chi connectivity index (χ1v) is 6.60. The number of amides is 1. The molecule has 4 heteroatoms. The molecule has 0 atom stereocenters. The van der Waals surface area contributed by atoms with Crippen molar-refractivity contribution in [2.75, 3.05) is 0 Å². The second-order valence-corrected chi connectivity index (χ2v) is 5.60. The molecule has 0 bridgehead atoms. The Morgan fingerprint density at radius 2 is 2.17 bits per heavy atom. The third-order valence-corrected chi connectivity index (χ3v) is 4.60. The number of carbonyl (C=O) groups is 1. The second-order valence-electron chi connectivity index (χ2n) is 4.55. The largest absolute Gasteiger partial charge is 0.365 e. The summed E-state index contributed by atoms with van der Waals surface area (Å²) in [6, 6.07) is 5.56. The van der Waals surface area contributed by atoms with E-state index in [9.17, 15) is 9.18 Å². The van der Waals surface area contributed by atoms with Crippen LogP contribution in [0.1, 0.15) is 26.4 Å². The normalized spacial score (nSPS) is 13.0. The summed E-state index contributed by atoms with van der Waals surface area (Å²) in [5.74, 6) is -0.532. The zero-order chi connectivity index (χ0) is 12.9. The fourth-order valence-electron chi connectivity index (χ4n) is 2.42. The fourth-order valence-corrected chi connectivity index (χ4v) is 3.53. The summed E-state index contributed by atoms with van der Waals surface area (Å²) in [5, 5.41) is 0. The number of aryl methyl sites for hydroxylation is 2. The summed E-state index contributed by atoms with van der Waals surface area (Å²) < 4.78 is 14.1. The van der Waals surface area contributed by atoms with Gasteiger partial charge in [0.05, 0.1) is 4.88 Å². The summed E-state index contributed by atoms with van der Waals surface area (Å²) in [4.78, 5) is 12.7. The Balaban J connectivity index is 2.23. The number of hydrogen-bond donors (Lipinski definition) is 1. The predicted octanol–water partition coefficient (Wildman–Crippen LogP) is 3.06. The van der Waals surface area contributed by atoms with E-state index >= 15 is 0 Å². The number of carbonyl (C=O) groups excluding carboxylic acids is 1. The molecule has 0 radical (unpaired) electrons. The lowest BCUT2D eigenvalue weighted by Gasteiger charge is -2.17. The number of hydrogen-bond acceptors (Lipinski definition) is 2. The highest BCUT2D eigenvalue weighted by molar-refractivity contribution is 7.17.